The van der Waals surface area contributed by atoms with E-state index in [9.17, 15) is 0 Å². The van der Waals surface area contributed by atoms with Crippen molar-refractivity contribution in [2.75, 3.05) is 20.1 Å². The molecule has 0 saturated carbocycles. The first-order chi connectivity index (χ1) is 7.24. The third kappa shape index (κ3) is 1.92. The predicted molar refractivity (Wildman–Crippen MR) is 60.4 cm³/mol. The van der Waals surface area contributed by atoms with E-state index in [1.54, 1.807) is 0 Å². The second kappa shape index (κ2) is 4.33. The number of aromatic nitrogens is 2. The molecule has 0 unspecified atom stereocenters. The Labute approximate surface area is 91.1 Å². The number of aryl methyl sites for hydroxylation is 1. The maximum atomic E-state index is 5.86. The molecule has 0 bridgehead atoms. The quantitative estimate of drug-likeness (QED) is 0.780. The number of nitrogens with two attached hydrogens (primary N) is 1. The van der Waals surface area contributed by atoms with Crippen molar-refractivity contribution < 1.29 is 0 Å². The van der Waals surface area contributed by atoms with Crippen LogP contribution in [0.25, 0.3) is 0 Å². The van der Waals surface area contributed by atoms with Gasteiger partial charge in [-0.3, -0.25) is 4.90 Å². The molecule has 0 aromatic carbocycles. The Kier molecular flexibility index (Phi) is 3.07. The van der Waals surface area contributed by atoms with Crippen LogP contribution in [0.4, 0.5) is 0 Å². The molecule has 4 nitrogen and oxygen atoms in total. The molecule has 1 aliphatic rings. The molecule has 1 aliphatic heterocycles. The average Bonchev–Trinajstić information content (AvgIpc) is 2.64. The van der Waals surface area contributed by atoms with Crippen molar-refractivity contribution >= 4 is 0 Å². The first kappa shape index (κ1) is 10.6. The van der Waals surface area contributed by atoms with Crippen LogP contribution in [0.5, 0.6) is 0 Å². The zero-order valence-corrected chi connectivity index (χ0v) is 9.56. The van der Waals surface area contributed by atoms with Crippen LogP contribution in [0.3, 0.4) is 0 Å². The molecular weight excluding hydrogens is 188 g/mol. The standard InChI is InChI=1S/C11H20N4/c1-14-5-3-4-9(6-12)11(14)10-7-13-8-15(10)2/h7-9,11H,3-6,12H2,1-2H3/t9-,11-/m0/s1. The van der Waals surface area contributed by atoms with Gasteiger partial charge in [-0.1, -0.05) is 0 Å². The van der Waals surface area contributed by atoms with E-state index in [2.05, 4.69) is 28.5 Å². The summed E-state index contributed by atoms with van der Waals surface area (Å²) in [6, 6.07) is 0.441. The van der Waals surface area contributed by atoms with E-state index >= 15 is 0 Å². The van der Waals surface area contributed by atoms with E-state index in [0.717, 1.165) is 13.1 Å². The van der Waals surface area contributed by atoms with Crippen LogP contribution in [-0.4, -0.2) is 34.6 Å². The minimum atomic E-state index is 0.441. The van der Waals surface area contributed by atoms with Crippen molar-refractivity contribution in [3.63, 3.8) is 0 Å². The van der Waals surface area contributed by atoms with Gasteiger partial charge in [-0.05, 0) is 38.9 Å². The Bertz CT molecular complexity index is 320. The highest BCUT2D eigenvalue weighted by atomic mass is 15.2. The smallest absolute Gasteiger partial charge is 0.0946 e. The fraction of sp³-hybridized carbons (Fsp3) is 0.727. The summed E-state index contributed by atoms with van der Waals surface area (Å²) in [5.74, 6) is 0.569. The van der Waals surface area contributed by atoms with Crippen LogP contribution in [0, 0.1) is 5.92 Å². The maximum absolute atomic E-state index is 5.86. The molecule has 0 spiro atoms. The van der Waals surface area contributed by atoms with E-state index in [4.69, 9.17) is 5.73 Å². The van der Waals surface area contributed by atoms with Gasteiger partial charge in [-0.2, -0.15) is 0 Å². The summed E-state index contributed by atoms with van der Waals surface area (Å²) in [6.07, 6.45) is 6.32. The molecule has 1 aromatic heterocycles. The number of nitrogens with zero attached hydrogens (tertiary/aromatic N) is 3. The zero-order valence-electron chi connectivity index (χ0n) is 9.56. The normalized spacial score (nSPS) is 28.2. The van der Waals surface area contributed by atoms with Crippen LogP contribution in [0.2, 0.25) is 0 Å². The van der Waals surface area contributed by atoms with Crippen molar-refractivity contribution in [3.8, 4) is 0 Å². The topological polar surface area (TPSA) is 47.1 Å². The number of piperidine rings is 1. The molecule has 15 heavy (non-hydrogen) atoms. The van der Waals surface area contributed by atoms with Gasteiger partial charge < -0.3 is 10.3 Å². The highest BCUT2D eigenvalue weighted by Crippen LogP contribution is 2.33. The van der Waals surface area contributed by atoms with Gasteiger partial charge in [0, 0.05) is 13.2 Å². The Morgan fingerprint density at radius 2 is 2.33 bits per heavy atom. The summed E-state index contributed by atoms with van der Waals surface area (Å²) >= 11 is 0. The molecule has 2 N–H and O–H groups in total. The van der Waals surface area contributed by atoms with Gasteiger partial charge >= 0.3 is 0 Å². The molecule has 1 saturated heterocycles. The zero-order chi connectivity index (χ0) is 10.8. The van der Waals surface area contributed by atoms with Crippen molar-refractivity contribution in [2.24, 2.45) is 18.7 Å². The fourth-order valence-corrected chi connectivity index (χ4v) is 2.63. The molecular formula is C11H20N4. The van der Waals surface area contributed by atoms with Crippen LogP contribution >= 0.6 is 0 Å². The molecule has 0 aliphatic carbocycles. The number of rotatable bonds is 2. The van der Waals surface area contributed by atoms with Gasteiger partial charge in [0.15, 0.2) is 0 Å². The lowest BCUT2D eigenvalue weighted by molar-refractivity contribution is 0.119. The highest BCUT2D eigenvalue weighted by Gasteiger charge is 2.31. The summed E-state index contributed by atoms with van der Waals surface area (Å²) in [5.41, 5.74) is 7.14. The second-order valence-corrected chi connectivity index (χ2v) is 4.49. The minimum absolute atomic E-state index is 0.441. The summed E-state index contributed by atoms with van der Waals surface area (Å²) in [4.78, 5) is 6.60. The molecule has 0 radical (unpaired) electrons. The number of hydrogen-bond donors (Lipinski definition) is 1. The van der Waals surface area contributed by atoms with Gasteiger partial charge in [-0.25, -0.2) is 4.98 Å². The summed E-state index contributed by atoms with van der Waals surface area (Å²) in [7, 11) is 4.23. The van der Waals surface area contributed by atoms with Gasteiger partial charge in [0.2, 0.25) is 0 Å². The lowest BCUT2D eigenvalue weighted by Crippen LogP contribution is -2.40. The van der Waals surface area contributed by atoms with Gasteiger partial charge in [0.1, 0.15) is 0 Å². The maximum Gasteiger partial charge on any atom is 0.0946 e. The van der Waals surface area contributed by atoms with Gasteiger partial charge in [0.25, 0.3) is 0 Å². The molecule has 1 fully saturated rings. The van der Waals surface area contributed by atoms with E-state index in [0.29, 0.717) is 12.0 Å². The monoisotopic (exact) mass is 208 g/mol. The Morgan fingerprint density at radius 1 is 1.53 bits per heavy atom. The van der Waals surface area contributed by atoms with E-state index in [1.807, 2.05) is 12.5 Å². The Hall–Kier alpha value is -0.870. The lowest BCUT2D eigenvalue weighted by Gasteiger charge is -2.38. The minimum Gasteiger partial charge on any atom is -0.336 e. The molecule has 84 valence electrons. The average molecular weight is 208 g/mol. The molecule has 2 rings (SSSR count). The molecule has 2 heterocycles. The number of hydrogen-bond acceptors (Lipinski definition) is 3. The first-order valence-corrected chi connectivity index (χ1v) is 5.60. The summed E-state index contributed by atoms with van der Waals surface area (Å²) < 4.78 is 2.11. The Balaban J connectivity index is 2.27. The van der Waals surface area contributed by atoms with E-state index in [1.165, 1.54) is 18.5 Å². The fourth-order valence-electron chi connectivity index (χ4n) is 2.63. The SMILES string of the molecule is CN1CCC[C@@H](CN)[C@H]1c1cncn1C. The predicted octanol–water partition coefficient (Wildman–Crippen LogP) is 0.762. The highest BCUT2D eigenvalue weighted by molar-refractivity contribution is 5.08. The largest absolute Gasteiger partial charge is 0.336 e. The van der Waals surface area contributed by atoms with E-state index < -0.39 is 0 Å². The van der Waals surface area contributed by atoms with Crippen LogP contribution < -0.4 is 5.73 Å². The lowest BCUT2D eigenvalue weighted by atomic mass is 9.87. The first-order valence-electron chi connectivity index (χ1n) is 5.60. The third-order valence-corrected chi connectivity index (χ3v) is 3.47. The molecule has 0 amide bonds. The summed E-state index contributed by atoms with van der Waals surface area (Å²) in [5, 5.41) is 0. The van der Waals surface area contributed by atoms with E-state index in [-0.39, 0.29) is 0 Å². The molecule has 1 aromatic rings. The van der Waals surface area contributed by atoms with Crippen molar-refractivity contribution in [1.82, 2.24) is 14.5 Å². The van der Waals surface area contributed by atoms with Crippen molar-refractivity contribution in [2.45, 2.75) is 18.9 Å². The Morgan fingerprint density at radius 3 is 2.93 bits per heavy atom. The van der Waals surface area contributed by atoms with Crippen molar-refractivity contribution in [3.05, 3.63) is 18.2 Å². The summed E-state index contributed by atoms with van der Waals surface area (Å²) in [6.45, 7) is 1.92. The van der Waals surface area contributed by atoms with Gasteiger partial charge in [0.05, 0.1) is 18.1 Å². The van der Waals surface area contributed by atoms with Crippen LogP contribution in [-0.2, 0) is 7.05 Å². The number of imidazole rings is 1. The van der Waals surface area contributed by atoms with Crippen LogP contribution in [0.15, 0.2) is 12.5 Å². The second-order valence-electron chi connectivity index (χ2n) is 4.49. The molecule has 4 heteroatoms. The van der Waals surface area contributed by atoms with Crippen LogP contribution in [0.1, 0.15) is 24.6 Å². The van der Waals surface area contributed by atoms with Gasteiger partial charge in [-0.15, -0.1) is 0 Å². The number of likely N-dealkylation sites (tertiary alicyclic amines) is 1. The third-order valence-electron chi connectivity index (χ3n) is 3.47. The van der Waals surface area contributed by atoms with Crippen molar-refractivity contribution in [1.29, 1.82) is 0 Å². The molecule has 2 atom stereocenters.